The minimum atomic E-state index is -4.30. The van der Waals surface area contributed by atoms with Crippen molar-refractivity contribution in [2.75, 3.05) is 13.2 Å². The Hall–Kier alpha value is -1.23. The molecule has 0 amide bonds. The first kappa shape index (κ1) is 14.8. The first-order chi connectivity index (χ1) is 8.33. The van der Waals surface area contributed by atoms with E-state index in [-0.39, 0.29) is 0 Å². The lowest BCUT2D eigenvalue weighted by molar-refractivity contribution is -0.153. The molecule has 0 aliphatic rings. The molecule has 2 nitrogen and oxygen atoms in total. The summed E-state index contributed by atoms with van der Waals surface area (Å²) in [6, 6.07) is 3.70. The Labute approximate surface area is 105 Å². The lowest BCUT2D eigenvalue weighted by Crippen LogP contribution is -2.20. The molecule has 0 aliphatic heterocycles. The summed E-state index contributed by atoms with van der Waals surface area (Å²) in [6.45, 7) is 5.83. The first-order valence-corrected chi connectivity index (χ1v) is 5.84. The van der Waals surface area contributed by atoms with Gasteiger partial charge in [-0.25, -0.2) is 0 Å². The van der Waals surface area contributed by atoms with Gasteiger partial charge in [0.25, 0.3) is 0 Å². The van der Waals surface area contributed by atoms with E-state index in [2.05, 4.69) is 5.32 Å². The Morgan fingerprint density at radius 3 is 2.17 bits per heavy atom. The number of benzene rings is 1. The average molecular weight is 261 g/mol. The summed E-state index contributed by atoms with van der Waals surface area (Å²) < 4.78 is 41.2. The number of hydrogen-bond acceptors (Lipinski definition) is 2. The third kappa shape index (κ3) is 4.56. The van der Waals surface area contributed by atoms with Crippen LogP contribution in [-0.2, 0) is 6.54 Å². The van der Waals surface area contributed by atoms with E-state index < -0.39 is 12.8 Å². The van der Waals surface area contributed by atoms with Crippen LogP contribution in [0.5, 0.6) is 5.75 Å². The second-order valence-electron chi connectivity index (χ2n) is 4.24. The van der Waals surface area contributed by atoms with Crippen LogP contribution in [0.15, 0.2) is 12.1 Å². The Bertz CT molecular complexity index is 379. The summed E-state index contributed by atoms with van der Waals surface area (Å²) in [6.07, 6.45) is -4.30. The van der Waals surface area contributed by atoms with Crippen molar-refractivity contribution in [3.05, 3.63) is 28.8 Å². The van der Waals surface area contributed by atoms with Gasteiger partial charge in [-0.2, -0.15) is 13.2 Å². The van der Waals surface area contributed by atoms with Crippen molar-refractivity contribution < 1.29 is 17.9 Å². The van der Waals surface area contributed by atoms with Gasteiger partial charge in [0.2, 0.25) is 0 Å². The topological polar surface area (TPSA) is 21.3 Å². The van der Waals surface area contributed by atoms with Gasteiger partial charge in [0.05, 0.1) is 0 Å². The van der Waals surface area contributed by atoms with Gasteiger partial charge in [-0.3, -0.25) is 0 Å². The normalized spacial score (nSPS) is 11.7. The standard InChI is InChI=1S/C13H18F3NO/c1-4-17-7-11-5-9(2)12(10(3)6-11)18-8-13(14,15)16/h5-6,17H,4,7-8H2,1-3H3. The zero-order valence-electron chi connectivity index (χ0n) is 10.8. The molecule has 1 aromatic carbocycles. The highest BCUT2D eigenvalue weighted by Crippen LogP contribution is 2.27. The van der Waals surface area contributed by atoms with E-state index in [0.717, 1.165) is 23.2 Å². The zero-order valence-corrected chi connectivity index (χ0v) is 10.8. The lowest BCUT2D eigenvalue weighted by atomic mass is 10.1. The van der Waals surface area contributed by atoms with Crippen molar-refractivity contribution in [3.8, 4) is 5.75 Å². The molecule has 0 atom stereocenters. The summed E-state index contributed by atoms with van der Waals surface area (Å²) in [5.41, 5.74) is 2.51. The highest BCUT2D eigenvalue weighted by molar-refractivity contribution is 5.43. The molecule has 0 spiro atoms. The average Bonchev–Trinajstić information content (AvgIpc) is 2.23. The van der Waals surface area contributed by atoms with Crippen LogP contribution in [0.25, 0.3) is 0 Å². The van der Waals surface area contributed by atoms with Crippen molar-refractivity contribution in [3.63, 3.8) is 0 Å². The van der Waals surface area contributed by atoms with Gasteiger partial charge >= 0.3 is 6.18 Å². The third-order valence-corrected chi connectivity index (χ3v) is 2.48. The zero-order chi connectivity index (χ0) is 13.8. The molecule has 0 heterocycles. The maximum absolute atomic E-state index is 12.1. The number of aryl methyl sites for hydroxylation is 2. The molecular weight excluding hydrogens is 243 g/mol. The van der Waals surface area contributed by atoms with E-state index in [1.165, 1.54) is 0 Å². The molecule has 0 saturated carbocycles. The molecule has 0 radical (unpaired) electrons. The van der Waals surface area contributed by atoms with Crippen molar-refractivity contribution >= 4 is 0 Å². The van der Waals surface area contributed by atoms with E-state index in [1.54, 1.807) is 13.8 Å². The number of ether oxygens (including phenoxy) is 1. The summed E-state index contributed by atoms with van der Waals surface area (Å²) in [5, 5.41) is 3.17. The molecule has 0 aliphatic carbocycles. The molecule has 0 saturated heterocycles. The number of hydrogen-bond donors (Lipinski definition) is 1. The molecular formula is C13H18F3NO. The van der Waals surface area contributed by atoms with Gasteiger partial charge in [0, 0.05) is 6.54 Å². The lowest BCUT2D eigenvalue weighted by Gasteiger charge is -2.15. The van der Waals surface area contributed by atoms with Crippen LogP contribution in [0.1, 0.15) is 23.6 Å². The molecule has 1 N–H and O–H groups in total. The largest absolute Gasteiger partial charge is 0.484 e. The van der Waals surface area contributed by atoms with Crippen LogP contribution >= 0.6 is 0 Å². The van der Waals surface area contributed by atoms with E-state index in [0.29, 0.717) is 12.3 Å². The van der Waals surface area contributed by atoms with Crippen LogP contribution in [0.2, 0.25) is 0 Å². The van der Waals surface area contributed by atoms with E-state index >= 15 is 0 Å². The molecule has 0 bridgehead atoms. The van der Waals surface area contributed by atoms with Gasteiger partial charge < -0.3 is 10.1 Å². The molecule has 18 heavy (non-hydrogen) atoms. The minimum Gasteiger partial charge on any atom is -0.484 e. The van der Waals surface area contributed by atoms with Crippen LogP contribution < -0.4 is 10.1 Å². The third-order valence-electron chi connectivity index (χ3n) is 2.48. The van der Waals surface area contributed by atoms with Crippen LogP contribution in [0.3, 0.4) is 0 Å². The predicted octanol–water partition coefficient (Wildman–Crippen LogP) is 3.35. The molecule has 102 valence electrons. The quantitative estimate of drug-likeness (QED) is 0.877. The minimum absolute atomic E-state index is 0.326. The Kier molecular flexibility index (Phi) is 5.02. The summed E-state index contributed by atoms with van der Waals surface area (Å²) >= 11 is 0. The Balaban J connectivity index is 2.81. The molecule has 5 heteroatoms. The summed E-state index contributed by atoms with van der Waals surface area (Å²) in [4.78, 5) is 0. The van der Waals surface area contributed by atoms with E-state index in [4.69, 9.17) is 4.74 Å². The van der Waals surface area contributed by atoms with Gasteiger partial charge in [-0.15, -0.1) is 0 Å². The molecule has 1 rings (SSSR count). The monoisotopic (exact) mass is 261 g/mol. The van der Waals surface area contributed by atoms with Crippen LogP contribution in [-0.4, -0.2) is 19.3 Å². The Morgan fingerprint density at radius 1 is 1.17 bits per heavy atom. The number of alkyl halides is 3. The van der Waals surface area contributed by atoms with Gasteiger partial charge in [-0.05, 0) is 37.1 Å². The fraction of sp³-hybridized carbons (Fsp3) is 0.538. The second-order valence-corrected chi connectivity index (χ2v) is 4.24. The Morgan fingerprint density at radius 2 is 1.72 bits per heavy atom. The fourth-order valence-electron chi connectivity index (χ4n) is 1.79. The summed E-state index contributed by atoms with van der Waals surface area (Å²) in [5.74, 6) is 0.326. The van der Waals surface area contributed by atoms with Gasteiger partial charge in [0.15, 0.2) is 6.61 Å². The molecule has 0 aromatic heterocycles. The predicted molar refractivity (Wildman–Crippen MR) is 64.8 cm³/mol. The van der Waals surface area contributed by atoms with Crippen molar-refractivity contribution in [1.82, 2.24) is 5.32 Å². The number of rotatable bonds is 5. The van der Waals surface area contributed by atoms with Gasteiger partial charge in [-0.1, -0.05) is 19.1 Å². The number of halogens is 3. The highest BCUT2D eigenvalue weighted by Gasteiger charge is 2.29. The highest BCUT2D eigenvalue weighted by atomic mass is 19.4. The first-order valence-electron chi connectivity index (χ1n) is 5.84. The molecule has 0 fully saturated rings. The van der Waals surface area contributed by atoms with E-state index in [9.17, 15) is 13.2 Å². The fourth-order valence-corrected chi connectivity index (χ4v) is 1.79. The summed E-state index contributed by atoms with van der Waals surface area (Å²) in [7, 11) is 0. The maximum atomic E-state index is 12.1. The van der Waals surface area contributed by atoms with E-state index in [1.807, 2.05) is 19.1 Å². The maximum Gasteiger partial charge on any atom is 0.422 e. The van der Waals surface area contributed by atoms with Gasteiger partial charge in [0.1, 0.15) is 5.75 Å². The number of nitrogens with one attached hydrogen (secondary N) is 1. The molecule has 0 unspecified atom stereocenters. The van der Waals surface area contributed by atoms with Crippen molar-refractivity contribution in [2.24, 2.45) is 0 Å². The smallest absolute Gasteiger partial charge is 0.422 e. The SMILES string of the molecule is CCNCc1cc(C)c(OCC(F)(F)F)c(C)c1. The second kappa shape index (κ2) is 6.09. The molecule has 1 aromatic rings. The van der Waals surface area contributed by atoms with Crippen LogP contribution in [0, 0.1) is 13.8 Å². The van der Waals surface area contributed by atoms with Crippen molar-refractivity contribution in [1.29, 1.82) is 0 Å². The van der Waals surface area contributed by atoms with Crippen molar-refractivity contribution in [2.45, 2.75) is 33.5 Å². The van der Waals surface area contributed by atoms with Crippen LogP contribution in [0.4, 0.5) is 13.2 Å².